The highest BCUT2D eigenvalue weighted by Crippen LogP contribution is 2.42. The van der Waals surface area contributed by atoms with E-state index in [-0.39, 0.29) is 11.4 Å². The molecule has 0 fully saturated rings. The summed E-state index contributed by atoms with van der Waals surface area (Å²) in [4.78, 5) is 14.1. The van der Waals surface area contributed by atoms with Crippen molar-refractivity contribution in [1.82, 2.24) is 9.97 Å². The van der Waals surface area contributed by atoms with E-state index >= 15 is 0 Å². The van der Waals surface area contributed by atoms with Crippen LogP contribution in [0.4, 0.5) is 34.1 Å². The first-order valence-electron chi connectivity index (χ1n) is 22.4. The number of para-hydroxylation sites is 2. The molecule has 0 aliphatic rings. The average molecular weight is 869 g/mol. The lowest BCUT2D eigenvalue weighted by molar-refractivity contribution is 1.14. The minimum absolute atomic E-state index is 0.00941. The van der Waals surface area contributed by atoms with Gasteiger partial charge in [-0.3, -0.25) is 0 Å². The van der Waals surface area contributed by atoms with Crippen LogP contribution in [-0.4, -0.2) is 9.97 Å². The van der Waals surface area contributed by atoms with Crippen LogP contribution in [0.25, 0.3) is 66.3 Å². The van der Waals surface area contributed by atoms with Crippen LogP contribution in [0.1, 0.15) is 11.4 Å². The zero-order valence-corrected chi connectivity index (χ0v) is 36.8. The molecule has 0 aliphatic heterocycles. The first kappa shape index (κ1) is 41.1. The van der Waals surface area contributed by atoms with Gasteiger partial charge < -0.3 is 9.80 Å². The van der Waals surface area contributed by atoms with E-state index in [9.17, 15) is 10.5 Å². The minimum atomic E-state index is -0.00941. The average Bonchev–Trinajstić information content (AvgIpc) is 3.42. The number of anilines is 6. The fourth-order valence-corrected chi connectivity index (χ4v) is 9.06. The topological polar surface area (TPSA) is 79.8 Å². The first-order valence-corrected chi connectivity index (χ1v) is 22.4. The zero-order chi connectivity index (χ0) is 45.8. The van der Waals surface area contributed by atoms with Crippen molar-refractivity contribution in [3.05, 3.63) is 254 Å². The molecule has 6 nitrogen and oxygen atoms in total. The van der Waals surface area contributed by atoms with Gasteiger partial charge in [-0.15, -0.1) is 0 Å². The SMILES string of the molecule is N#Cc1nc(-c2ccc(-c3ccc(N(c4ccccc4)c4cccc5ccccc45)cc3)cc2)c(-c2ccc(-c3ccc(N(c4ccccc4)c4cccc5ccccc45)cc3)cc2)nc1C#N. The molecule has 0 amide bonds. The van der Waals surface area contributed by atoms with Crippen LogP contribution in [0, 0.1) is 22.7 Å². The molecule has 11 aromatic rings. The van der Waals surface area contributed by atoms with Gasteiger partial charge in [-0.25, -0.2) is 9.97 Å². The van der Waals surface area contributed by atoms with E-state index in [1.807, 2.05) is 36.4 Å². The highest BCUT2D eigenvalue weighted by molar-refractivity contribution is 6.00. The summed E-state index contributed by atoms with van der Waals surface area (Å²) < 4.78 is 0. The van der Waals surface area contributed by atoms with Gasteiger partial charge in [-0.05, 0) is 93.7 Å². The van der Waals surface area contributed by atoms with Crippen molar-refractivity contribution in [3.8, 4) is 56.9 Å². The molecule has 1 heterocycles. The molecule has 1 aromatic heterocycles. The molecule has 0 unspecified atom stereocenters. The van der Waals surface area contributed by atoms with E-state index in [0.717, 1.165) is 67.5 Å². The Kier molecular flexibility index (Phi) is 10.9. The second kappa shape index (κ2) is 18.1. The Morgan fingerprint density at radius 1 is 0.279 bits per heavy atom. The predicted molar refractivity (Wildman–Crippen MR) is 278 cm³/mol. The number of hydrogen-bond acceptors (Lipinski definition) is 6. The number of hydrogen-bond donors (Lipinski definition) is 0. The van der Waals surface area contributed by atoms with E-state index in [2.05, 4.69) is 228 Å². The zero-order valence-electron chi connectivity index (χ0n) is 36.8. The van der Waals surface area contributed by atoms with E-state index in [0.29, 0.717) is 11.4 Å². The van der Waals surface area contributed by atoms with E-state index in [1.165, 1.54) is 21.5 Å². The summed E-state index contributed by atoms with van der Waals surface area (Å²) in [7, 11) is 0. The molecule has 0 atom stereocenters. The third-order valence-electron chi connectivity index (χ3n) is 12.4. The molecular formula is C62H40N6. The van der Waals surface area contributed by atoms with Crippen LogP contribution in [0.3, 0.4) is 0 Å². The number of nitriles is 2. The molecule has 0 aliphatic carbocycles. The minimum Gasteiger partial charge on any atom is -0.310 e. The molecule has 68 heavy (non-hydrogen) atoms. The summed E-state index contributed by atoms with van der Waals surface area (Å²) in [6, 6.07) is 88.3. The fourth-order valence-electron chi connectivity index (χ4n) is 9.06. The third kappa shape index (κ3) is 7.85. The van der Waals surface area contributed by atoms with Crippen LogP contribution < -0.4 is 9.80 Å². The van der Waals surface area contributed by atoms with Gasteiger partial charge in [0.1, 0.15) is 12.1 Å². The Bertz CT molecular complexity index is 3410. The van der Waals surface area contributed by atoms with Gasteiger partial charge in [-0.2, -0.15) is 10.5 Å². The molecule has 0 saturated carbocycles. The second-order valence-corrected chi connectivity index (χ2v) is 16.4. The maximum absolute atomic E-state index is 10.0. The molecule has 0 saturated heterocycles. The smallest absolute Gasteiger partial charge is 0.177 e. The van der Waals surface area contributed by atoms with Crippen LogP contribution in [0.15, 0.2) is 243 Å². The third-order valence-corrected chi connectivity index (χ3v) is 12.4. The summed E-state index contributed by atoms with van der Waals surface area (Å²) in [5.74, 6) is 0. The Labute approximate surface area is 395 Å². The monoisotopic (exact) mass is 868 g/mol. The first-order chi connectivity index (χ1) is 33.6. The quantitative estimate of drug-likeness (QED) is 0.136. The molecule has 0 N–H and O–H groups in total. The van der Waals surface area contributed by atoms with Crippen molar-refractivity contribution in [2.45, 2.75) is 0 Å². The lowest BCUT2D eigenvalue weighted by atomic mass is 9.98. The largest absolute Gasteiger partial charge is 0.310 e. The highest BCUT2D eigenvalue weighted by atomic mass is 15.1. The van der Waals surface area contributed by atoms with Crippen molar-refractivity contribution >= 4 is 55.7 Å². The van der Waals surface area contributed by atoms with E-state index < -0.39 is 0 Å². The normalized spacial score (nSPS) is 10.9. The summed E-state index contributed by atoms with van der Waals surface area (Å²) in [5.41, 5.74) is 13.2. The summed E-state index contributed by atoms with van der Waals surface area (Å²) in [6.07, 6.45) is 0. The van der Waals surface area contributed by atoms with Crippen LogP contribution in [-0.2, 0) is 0 Å². The van der Waals surface area contributed by atoms with Crippen LogP contribution in [0.5, 0.6) is 0 Å². The lowest BCUT2D eigenvalue weighted by Crippen LogP contribution is -2.10. The molecule has 11 rings (SSSR count). The number of aromatic nitrogens is 2. The maximum atomic E-state index is 10.0. The van der Waals surface area contributed by atoms with Gasteiger partial charge >= 0.3 is 0 Å². The van der Waals surface area contributed by atoms with Crippen LogP contribution in [0.2, 0.25) is 0 Å². The number of fused-ring (bicyclic) bond motifs is 2. The van der Waals surface area contributed by atoms with Crippen molar-refractivity contribution < 1.29 is 0 Å². The van der Waals surface area contributed by atoms with Crippen LogP contribution >= 0.6 is 0 Å². The highest BCUT2D eigenvalue weighted by Gasteiger charge is 2.20. The molecule has 318 valence electrons. The molecule has 0 bridgehead atoms. The van der Waals surface area contributed by atoms with Gasteiger partial charge in [-0.1, -0.05) is 182 Å². The lowest BCUT2D eigenvalue weighted by Gasteiger charge is -2.27. The predicted octanol–water partition coefficient (Wildman–Crippen LogP) is 16.1. The van der Waals surface area contributed by atoms with Gasteiger partial charge in [0.15, 0.2) is 11.4 Å². The summed E-state index contributed by atoms with van der Waals surface area (Å²) >= 11 is 0. The van der Waals surface area contributed by atoms with Gasteiger partial charge in [0.2, 0.25) is 0 Å². The molecule has 0 spiro atoms. The Balaban J connectivity index is 0.886. The molecule has 0 radical (unpaired) electrons. The fraction of sp³-hybridized carbons (Fsp3) is 0. The molecular weight excluding hydrogens is 829 g/mol. The Morgan fingerprint density at radius 2 is 0.574 bits per heavy atom. The van der Waals surface area contributed by atoms with Crippen molar-refractivity contribution in [2.24, 2.45) is 0 Å². The van der Waals surface area contributed by atoms with Crippen molar-refractivity contribution in [1.29, 1.82) is 10.5 Å². The van der Waals surface area contributed by atoms with E-state index in [1.54, 1.807) is 0 Å². The van der Waals surface area contributed by atoms with Gasteiger partial charge in [0, 0.05) is 44.6 Å². The molecule has 6 heteroatoms. The van der Waals surface area contributed by atoms with Crippen molar-refractivity contribution in [2.75, 3.05) is 9.80 Å². The molecule has 10 aromatic carbocycles. The number of nitrogens with zero attached hydrogens (tertiary/aromatic N) is 6. The summed E-state index contributed by atoms with van der Waals surface area (Å²) in [5, 5.41) is 24.7. The number of rotatable bonds is 10. The van der Waals surface area contributed by atoms with Gasteiger partial charge in [0.05, 0.1) is 22.8 Å². The van der Waals surface area contributed by atoms with Crippen molar-refractivity contribution in [3.63, 3.8) is 0 Å². The van der Waals surface area contributed by atoms with Gasteiger partial charge in [0.25, 0.3) is 0 Å². The number of benzene rings is 10. The maximum Gasteiger partial charge on any atom is 0.177 e. The summed E-state index contributed by atoms with van der Waals surface area (Å²) in [6.45, 7) is 0. The Hall–Kier alpha value is -9.62. The standard InChI is InChI=1S/C62H40N6/c63-41-57-58(42-64)66-62(50-31-27-44(28-32-50)46-35-39-54(40-36-46)68(52-19-5-2-6-20-52)60-24-12-16-48-14-8-10-22-56(48)60)61(65-57)49-29-25-43(26-30-49)45-33-37-53(38-34-45)67(51-17-3-1-4-18-51)59-23-11-15-47-13-7-9-21-55(47)59/h1-40H. The second-order valence-electron chi connectivity index (χ2n) is 16.4. The Morgan fingerprint density at radius 3 is 0.941 bits per heavy atom. The van der Waals surface area contributed by atoms with E-state index in [4.69, 9.17) is 9.97 Å².